The van der Waals surface area contributed by atoms with Crippen molar-refractivity contribution in [2.24, 2.45) is 0 Å². The molecule has 0 aliphatic carbocycles. The molecule has 1 aliphatic rings. The van der Waals surface area contributed by atoms with Gasteiger partial charge in [-0.2, -0.15) is 0 Å². The van der Waals surface area contributed by atoms with Crippen LogP contribution in [0.3, 0.4) is 0 Å². The van der Waals surface area contributed by atoms with Gasteiger partial charge in [0.05, 0.1) is 30.8 Å². The molecule has 37 heavy (non-hydrogen) atoms. The third kappa shape index (κ3) is 5.03. The Morgan fingerprint density at radius 2 is 1.70 bits per heavy atom. The quantitative estimate of drug-likeness (QED) is 0.355. The molecule has 0 aromatic heterocycles. The summed E-state index contributed by atoms with van der Waals surface area (Å²) in [6, 6.07) is 26.6. The summed E-state index contributed by atoms with van der Waals surface area (Å²) >= 11 is 0. The Balaban J connectivity index is 1.28. The average Bonchev–Trinajstić information content (AvgIpc) is 2.94. The number of rotatable bonds is 8. The normalized spacial score (nSPS) is 14.9. The minimum Gasteiger partial charge on any atom is -0.497 e. The van der Waals surface area contributed by atoms with Crippen LogP contribution in [-0.4, -0.2) is 47.2 Å². The Kier molecular flexibility index (Phi) is 6.87. The van der Waals surface area contributed by atoms with Crippen molar-refractivity contribution in [1.82, 2.24) is 5.32 Å². The van der Waals surface area contributed by atoms with Gasteiger partial charge in [0.25, 0.3) is 15.9 Å². The summed E-state index contributed by atoms with van der Waals surface area (Å²) < 4.78 is 45.2. The van der Waals surface area contributed by atoms with Crippen LogP contribution in [-0.2, 0) is 14.8 Å². The van der Waals surface area contributed by atoms with Crippen LogP contribution in [0.15, 0.2) is 95.9 Å². The summed E-state index contributed by atoms with van der Waals surface area (Å²) in [6.45, 7) is 0.313. The number of ether oxygens (including phenoxy) is 3. The number of hydrogen-bond acceptors (Lipinski definition) is 6. The number of nitrogens with zero attached hydrogens (tertiary/aromatic N) is 1. The number of hydrogen-bond donors (Lipinski definition) is 1. The molecule has 0 spiro atoms. The molecular formula is C28H26N2O6S. The lowest BCUT2D eigenvalue weighted by molar-refractivity contribution is -0.127. The van der Waals surface area contributed by atoms with Crippen LogP contribution in [0.4, 0.5) is 5.69 Å². The van der Waals surface area contributed by atoms with Crippen LogP contribution in [0, 0.1) is 0 Å². The first-order valence-electron chi connectivity index (χ1n) is 11.8. The lowest BCUT2D eigenvalue weighted by Crippen LogP contribution is -2.51. The summed E-state index contributed by atoms with van der Waals surface area (Å²) in [5.41, 5.74) is 0.377. The number of fused-ring (bicyclic) bond motifs is 2. The highest BCUT2D eigenvalue weighted by Gasteiger charge is 2.37. The van der Waals surface area contributed by atoms with E-state index < -0.39 is 22.0 Å². The van der Waals surface area contributed by atoms with E-state index in [0.717, 1.165) is 16.5 Å². The molecular weight excluding hydrogens is 492 g/mol. The maximum Gasteiger partial charge on any atom is 0.264 e. The van der Waals surface area contributed by atoms with Gasteiger partial charge in [-0.25, -0.2) is 8.42 Å². The second-order valence-electron chi connectivity index (χ2n) is 8.40. The Bertz CT molecular complexity index is 1520. The summed E-state index contributed by atoms with van der Waals surface area (Å²) in [4.78, 5) is 13.1. The van der Waals surface area contributed by atoms with Gasteiger partial charge in [0, 0.05) is 5.39 Å². The fraction of sp³-hybridized carbons (Fsp3) is 0.179. The van der Waals surface area contributed by atoms with Crippen molar-refractivity contribution in [3.8, 4) is 17.2 Å². The highest BCUT2D eigenvalue weighted by atomic mass is 32.2. The van der Waals surface area contributed by atoms with Crippen LogP contribution < -0.4 is 23.8 Å². The van der Waals surface area contributed by atoms with Crippen molar-refractivity contribution in [2.45, 2.75) is 11.0 Å². The molecule has 1 unspecified atom stereocenters. The monoisotopic (exact) mass is 518 g/mol. The first-order chi connectivity index (χ1) is 18.0. The molecule has 0 radical (unpaired) electrons. The number of para-hydroxylation sites is 2. The Morgan fingerprint density at radius 3 is 2.51 bits per heavy atom. The predicted molar refractivity (Wildman–Crippen MR) is 141 cm³/mol. The molecule has 1 N–H and O–H groups in total. The smallest absolute Gasteiger partial charge is 0.264 e. The molecule has 0 saturated carbocycles. The van der Waals surface area contributed by atoms with E-state index in [9.17, 15) is 13.2 Å². The largest absolute Gasteiger partial charge is 0.497 e. The summed E-state index contributed by atoms with van der Waals surface area (Å²) in [6.07, 6.45) is -1.03. The van der Waals surface area contributed by atoms with Crippen molar-refractivity contribution in [2.75, 3.05) is 31.1 Å². The third-order valence-electron chi connectivity index (χ3n) is 6.08. The molecule has 0 bridgehead atoms. The van der Waals surface area contributed by atoms with Crippen LogP contribution in [0.1, 0.15) is 0 Å². The molecule has 1 amide bonds. The first-order valence-corrected chi connectivity index (χ1v) is 13.2. The van der Waals surface area contributed by atoms with Gasteiger partial charge >= 0.3 is 0 Å². The van der Waals surface area contributed by atoms with E-state index in [1.807, 2.05) is 42.5 Å². The topological polar surface area (TPSA) is 94.2 Å². The van der Waals surface area contributed by atoms with E-state index in [1.54, 1.807) is 36.4 Å². The third-order valence-corrected chi connectivity index (χ3v) is 7.88. The molecule has 1 heterocycles. The highest BCUT2D eigenvalue weighted by Crippen LogP contribution is 2.37. The van der Waals surface area contributed by atoms with Crippen molar-refractivity contribution in [3.63, 3.8) is 0 Å². The van der Waals surface area contributed by atoms with Crippen LogP contribution >= 0.6 is 0 Å². The van der Waals surface area contributed by atoms with Gasteiger partial charge in [0.1, 0.15) is 23.9 Å². The Morgan fingerprint density at radius 1 is 0.973 bits per heavy atom. The zero-order valence-electron chi connectivity index (χ0n) is 20.2. The van der Waals surface area contributed by atoms with Crippen LogP contribution in [0.5, 0.6) is 17.2 Å². The fourth-order valence-electron chi connectivity index (χ4n) is 4.21. The molecule has 4 aromatic carbocycles. The van der Waals surface area contributed by atoms with Gasteiger partial charge in [0.15, 0.2) is 6.10 Å². The second kappa shape index (κ2) is 10.4. The number of sulfonamides is 1. The van der Waals surface area contributed by atoms with Gasteiger partial charge in [-0.1, -0.05) is 48.5 Å². The molecule has 5 rings (SSSR count). The van der Waals surface area contributed by atoms with Crippen molar-refractivity contribution >= 4 is 32.4 Å². The molecule has 0 saturated heterocycles. The zero-order chi connectivity index (χ0) is 25.8. The van der Waals surface area contributed by atoms with E-state index in [1.165, 1.54) is 23.5 Å². The van der Waals surface area contributed by atoms with Crippen molar-refractivity contribution in [3.05, 3.63) is 91.0 Å². The summed E-state index contributed by atoms with van der Waals surface area (Å²) in [5, 5.41) is 4.86. The van der Waals surface area contributed by atoms with Gasteiger partial charge in [0.2, 0.25) is 0 Å². The van der Waals surface area contributed by atoms with Gasteiger partial charge < -0.3 is 19.5 Å². The Hall–Kier alpha value is -4.24. The number of benzene rings is 4. The van der Waals surface area contributed by atoms with E-state index in [0.29, 0.717) is 17.2 Å². The van der Waals surface area contributed by atoms with Crippen LogP contribution in [0.2, 0.25) is 0 Å². The fourth-order valence-corrected chi connectivity index (χ4v) is 5.69. The van der Waals surface area contributed by atoms with E-state index in [-0.39, 0.29) is 24.6 Å². The molecule has 1 atom stereocenters. The highest BCUT2D eigenvalue weighted by molar-refractivity contribution is 7.92. The molecule has 1 aliphatic heterocycles. The standard InChI is InChI=1S/C28H26N2O6S/c1-34-21-13-15-22(16-14-21)37(32,33)30-19-27(36-26-11-5-4-10-24(26)30)28(31)29-17-18-35-25-12-6-8-20-7-2-3-9-23(20)25/h2-16,27H,17-19H2,1H3,(H,29,31). The minimum absolute atomic E-state index is 0.0904. The van der Waals surface area contributed by atoms with Gasteiger partial charge in [-0.15, -0.1) is 0 Å². The zero-order valence-corrected chi connectivity index (χ0v) is 21.0. The number of methoxy groups -OCH3 is 1. The van der Waals surface area contributed by atoms with E-state index >= 15 is 0 Å². The number of carbonyl (C=O) groups excluding carboxylic acids is 1. The summed E-state index contributed by atoms with van der Waals surface area (Å²) in [5.74, 6) is 1.17. The van der Waals surface area contributed by atoms with E-state index in [4.69, 9.17) is 14.2 Å². The van der Waals surface area contributed by atoms with Gasteiger partial charge in [-0.3, -0.25) is 9.10 Å². The first kappa shape index (κ1) is 24.5. The lowest BCUT2D eigenvalue weighted by atomic mass is 10.1. The number of amides is 1. The SMILES string of the molecule is COc1ccc(S(=O)(=O)N2CC(C(=O)NCCOc3cccc4ccccc34)Oc3ccccc32)cc1. The molecule has 4 aromatic rings. The molecule has 190 valence electrons. The predicted octanol–water partition coefficient (Wildman–Crippen LogP) is 4.00. The number of carbonyl (C=O) groups is 1. The Labute approximate surface area is 215 Å². The summed E-state index contributed by atoms with van der Waals surface area (Å²) in [7, 11) is -2.44. The molecule has 8 nitrogen and oxygen atoms in total. The van der Waals surface area contributed by atoms with Gasteiger partial charge in [-0.05, 0) is 47.9 Å². The van der Waals surface area contributed by atoms with Crippen molar-refractivity contribution in [1.29, 1.82) is 0 Å². The van der Waals surface area contributed by atoms with E-state index in [2.05, 4.69) is 5.32 Å². The molecule has 9 heteroatoms. The molecule has 0 fully saturated rings. The lowest BCUT2D eigenvalue weighted by Gasteiger charge is -2.34. The maximum absolute atomic E-state index is 13.5. The number of anilines is 1. The van der Waals surface area contributed by atoms with Crippen LogP contribution in [0.25, 0.3) is 10.8 Å². The number of nitrogens with one attached hydrogen (secondary N) is 1. The average molecular weight is 519 g/mol. The minimum atomic E-state index is -3.96. The van der Waals surface area contributed by atoms with Crippen molar-refractivity contribution < 1.29 is 27.4 Å². The maximum atomic E-state index is 13.5. The second-order valence-corrected chi connectivity index (χ2v) is 10.3.